The largest absolute Gasteiger partial charge is 0.376 e. The van der Waals surface area contributed by atoms with E-state index in [1.54, 1.807) is 12.0 Å². The smallest absolute Gasteiger partial charge is 0.253 e. The maximum absolute atomic E-state index is 12.9. The molecular weight excluding hydrogens is 364 g/mol. The number of benzene rings is 2. The topological polar surface area (TPSA) is 49.9 Å². The number of hydrogen-bond donors (Lipinski definition) is 0. The van der Waals surface area contributed by atoms with Gasteiger partial charge in [-0.1, -0.05) is 30.3 Å². The highest BCUT2D eigenvalue weighted by Crippen LogP contribution is 2.33. The Morgan fingerprint density at radius 2 is 1.69 bits per heavy atom. The van der Waals surface area contributed by atoms with Crippen molar-refractivity contribution in [3.8, 4) is 0 Å². The van der Waals surface area contributed by atoms with Gasteiger partial charge in [0.1, 0.15) is 0 Å². The summed E-state index contributed by atoms with van der Waals surface area (Å²) in [5.41, 5.74) is 2.77. The normalized spacial score (nSPS) is 18.9. The number of hydrogen-bond acceptors (Lipinski definition) is 3. The number of carbonyl (C=O) groups is 2. The average Bonchev–Trinajstić information content (AvgIpc) is 3.21. The molecule has 2 aromatic rings. The lowest BCUT2D eigenvalue weighted by atomic mass is 9.87. The number of anilines is 1. The van der Waals surface area contributed by atoms with Crippen LogP contribution in [0.25, 0.3) is 0 Å². The van der Waals surface area contributed by atoms with Crippen LogP contribution < -0.4 is 4.90 Å². The number of amides is 2. The first-order valence-corrected chi connectivity index (χ1v) is 10.4. The standard InChI is InChI=1S/C24H28N2O3/c1-29-23(18-6-3-2-4-7-18)19-13-16-25(17-14-19)24(28)20-9-11-21(12-10-20)26-15-5-8-22(26)27/h2-4,6-7,9-12,19,23H,5,8,13-17H2,1H3. The fraction of sp³-hybridized carbons (Fsp3) is 0.417. The molecule has 5 heteroatoms. The molecule has 5 nitrogen and oxygen atoms in total. The van der Waals surface area contributed by atoms with E-state index in [1.807, 2.05) is 47.4 Å². The number of methoxy groups -OCH3 is 1. The van der Waals surface area contributed by atoms with Crippen LogP contribution in [0.15, 0.2) is 54.6 Å². The predicted octanol–water partition coefficient (Wildman–Crippen LogP) is 4.05. The number of carbonyl (C=O) groups excluding carboxylic acids is 2. The molecular formula is C24H28N2O3. The van der Waals surface area contributed by atoms with Crippen molar-refractivity contribution in [3.05, 3.63) is 65.7 Å². The van der Waals surface area contributed by atoms with Crippen LogP contribution in [0.5, 0.6) is 0 Å². The summed E-state index contributed by atoms with van der Waals surface area (Å²) in [6.45, 7) is 2.24. The van der Waals surface area contributed by atoms with Gasteiger partial charge in [0, 0.05) is 44.4 Å². The Morgan fingerprint density at radius 1 is 1.00 bits per heavy atom. The van der Waals surface area contributed by atoms with Gasteiger partial charge >= 0.3 is 0 Å². The van der Waals surface area contributed by atoms with Gasteiger partial charge in [-0.2, -0.15) is 0 Å². The minimum absolute atomic E-state index is 0.0661. The Balaban J connectivity index is 1.37. The molecule has 152 valence electrons. The minimum Gasteiger partial charge on any atom is -0.376 e. The Kier molecular flexibility index (Phi) is 5.95. The predicted molar refractivity (Wildman–Crippen MR) is 113 cm³/mol. The monoisotopic (exact) mass is 392 g/mol. The average molecular weight is 392 g/mol. The van der Waals surface area contributed by atoms with E-state index in [1.165, 1.54) is 5.56 Å². The van der Waals surface area contributed by atoms with Gasteiger partial charge in [0.15, 0.2) is 0 Å². The lowest BCUT2D eigenvalue weighted by molar-refractivity contribution is -0.117. The van der Waals surface area contributed by atoms with E-state index < -0.39 is 0 Å². The van der Waals surface area contributed by atoms with Gasteiger partial charge < -0.3 is 14.5 Å². The molecule has 1 atom stereocenters. The number of ether oxygens (including phenoxy) is 1. The third-order valence-corrected chi connectivity index (χ3v) is 6.14. The third kappa shape index (κ3) is 4.20. The van der Waals surface area contributed by atoms with Crippen molar-refractivity contribution in [1.82, 2.24) is 4.90 Å². The van der Waals surface area contributed by atoms with E-state index in [-0.39, 0.29) is 17.9 Å². The zero-order valence-electron chi connectivity index (χ0n) is 16.9. The highest BCUT2D eigenvalue weighted by Gasteiger charge is 2.30. The summed E-state index contributed by atoms with van der Waals surface area (Å²) in [5, 5.41) is 0. The fourth-order valence-electron chi connectivity index (χ4n) is 4.54. The van der Waals surface area contributed by atoms with Crippen LogP contribution in [0.1, 0.15) is 47.7 Å². The first-order valence-electron chi connectivity index (χ1n) is 10.4. The van der Waals surface area contributed by atoms with Crippen LogP contribution in [0.3, 0.4) is 0 Å². The molecule has 2 aliphatic rings. The molecule has 2 saturated heterocycles. The molecule has 2 aromatic carbocycles. The van der Waals surface area contributed by atoms with Crippen molar-refractivity contribution in [3.63, 3.8) is 0 Å². The van der Waals surface area contributed by atoms with E-state index in [0.717, 1.165) is 44.6 Å². The minimum atomic E-state index is 0.0661. The second-order valence-corrected chi connectivity index (χ2v) is 7.89. The maximum Gasteiger partial charge on any atom is 0.253 e. The van der Waals surface area contributed by atoms with Crippen LogP contribution in [0.4, 0.5) is 5.69 Å². The van der Waals surface area contributed by atoms with Crippen LogP contribution in [-0.4, -0.2) is 43.5 Å². The number of likely N-dealkylation sites (tertiary alicyclic amines) is 1. The number of nitrogens with zero attached hydrogens (tertiary/aromatic N) is 2. The Bertz CT molecular complexity index is 842. The molecule has 2 fully saturated rings. The van der Waals surface area contributed by atoms with Crippen LogP contribution in [0, 0.1) is 5.92 Å². The number of rotatable bonds is 5. The summed E-state index contributed by atoms with van der Waals surface area (Å²) in [6.07, 6.45) is 3.45. The SMILES string of the molecule is COC(c1ccccc1)C1CCN(C(=O)c2ccc(N3CCCC3=O)cc2)CC1. The van der Waals surface area contributed by atoms with Gasteiger partial charge in [-0.3, -0.25) is 9.59 Å². The molecule has 2 amide bonds. The second kappa shape index (κ2) is 8.78. The van der Waals surface area contributed by atoms with E-state index in [4.69, 9.17) is 4.74 Å². The summed E-state index contributed by atoms with van der Waals surface area (Å²) < 4.78 is 5.79. The van der Waals surface area contributed by atoms with Crippen molar-refractivity contribution in [2.75, 3.05) is 31.6 Å². The number of piperidine rings is 1. The molecule has 0 radical (unpaired) electrons. The molecule has 1 unspecified atom stereocenters. The van der Waals surface area contributed by atoms with Gasteiger partial charge in [-0.05, 0) is 55.0 Å². The van der Waals surface area contributed by atoms with E-state index in [9.17, 15) is 9.59 Å². The molecule has 0 spiro atoms. The van der Waals surface area contributed by atoms with Gasteiger partial charge in [0.2, 0.25) is 5.91 Å². The Labute approximate surface area is 172 Å². The third-order valence-electron chi connectivity index (χ3n) is 6.14. The van der Waals surface area contributed by atoms with Crippen molar-refractivity contribution >= 4 is 17.5 Å². The molecule has 0 aliphatic carbocycles. The zero-order valence-corrected chi connectivity index (χ0v) is 16.9. The van der Waals surface area contributed by atoms with E-state index >= 15 is 0 Å². The lowest BCUT2D eigenvalue weighted by Gasteiger charge is -2.35. The fourth-order valence-corrected chi connectivity index (χ4v) is 4.54. The van der Waals surface area contributed by atoms with E-state index in [2.05, 4.69) is 12.1 Å². The maximum atomic E-state index is 12.9. The summed E-state index contributed by atoms with van der Waals surface area (Å²) in [6, 6.07) is 17.8. The summed E-state index contributed by atoms with van der Waals surface area (Å²) in [5.74, 6) is 0.642. The quantitative estimate of drug-likeness (QED) is 0.771. The first kappa shape index (κ1) is 19.6. The van der Waals surface area contributed by atoms with Crippen molar-refractivity contribution in [2.24, 2.45) is 5.92 Å². The second-order valence-electron chi connectivity index (χ2n) is 7.89. The van der Waals surface area contributed by atoms with Crippen LogP contribution in [0.2, 0.25) is 0 Å². The molecule has 0 N–H and O–H groups in total. The Hall–Kier alpha value is -2.66. The van der Waals surface area contributed by atoms with Crippen molar-refractivity contribution in [2.45, 2.75) is 31.8 Å². The van der Waals surface area contributed by atoms with Crippen LogP contribution in [-0.2, 0) is 9.53 Å². The molecule has 0 bridgehead atoms. The lowest BCUT2D eigenvalue weighted by Crippen LogP contribution is -2.40. The first-order chi connectivity index (χ1) is 14.2. The molecule has 29 heavy (non-hydrogen) atoms. The van der Waals surface area contributed by atoms with Crippen molar-refractivity contribution < 1.29 is 14.3 Å². The highest BCUT2D eigenvalue weighted by atomic mass is 16.5. The van der Waals surface area contributed by atoms with Gasteiger partial charge in [-0.15, -0.1) is 0 Å². The summed E-state index contributed by atoms with van der Waals surface area (Å²) in [4.78, 5) is 28.6. The summed E-state index contributed by atoms with van der Waals surface area (Å²) in [7, 11) is 1.77. The van der Waals surface area contributed by atoms with E-state index in [0.29, 0.717) is 17.9 Å². The van der Waals surface area contributed by atoms with Gasteiger partial charge in [0.05, 0.1) is 6.10 Å². The Morgan fingerprint density at radius 3 is 2.28 bits per heavy atom. The van der Waals surface area contributed by atoms with Gasteiger partial charge in [-0.25, -0.2) is 0 Å². The molecule has 2 heterocycles. The zero-order chi connectivity index (χ0) is 20.2. The van der Waals surface area contributed by atoms with Crippen molar-refractivity contribution in [1.29, 1.82) is 0 Å². The van der Waals surface area contributed by atoms with Gasteiger partial charge in [0.25, 0.3) is 5.91 Å². The molecule has 4 rings (SSSR count). The molecule has 0 aromatic heterocycles. The van der Waals surface area contributed by atoms with Crippen LogP contribution >= 0.6 is 0 Å². The molecule has 0 saturated carbocycles. The molecule has 2 aliphatic heterocycles. The highest BCUT2D eigenvalue weighted by molar-refractivity contribution is 5.97. The summed E-state index contributed by atoms with van der Waals surface area (Å²) >= 11 is 0.